The molecular formula is C21H23NO. The molecule has 2 heteroatoms. The number of nitrogens with one attached hydrogen (secondary N) is 1. The van der Waals surface area contributed by atoms with Crippen molar-refractivity contribution >= 4 is 5.91 Å². The predicted octanol–water partition coefficient (Wildman–Crippen LogP) is 4.42. The molecule has 0 saturated heterocycles. The van der Waals surface area contributed by atoms with E-state index in [0.29, 0.717) is 0 Å². The van der Waals surface area contributed by atoms with E-state index in [1.165, 1.54) is 0 Å². The molecule has 1 aliphatic rings. The van der Waals surface area contributed by atoms with Crippen molar-refractivity contribution in [2.75, 3.05) is 0 Å². The largest absolute Gasteiger partial charge is 0.342 e. The van der Waals surface area contributed by atoms with Crippen molar-refractivity contribution in [1.82, 2.24) is 5.32 Å². The summed E-state index contributed by atoms with van der Waals surface area (Å²) in [6, 6.07) is 20.4. The normalized spacial score (nSPS) is 17.7. The number of allylic oxidation sites excluding steroid dienone is 2. The van der Waals surface area contributed by atoms with Gasteiger partial charge in [0.2, 0.25) is 5.91 Å². The van der Waals surface area contributed by atoms with Crippen LogP contribution in [0.1, 0.15) is 37.3 Å². The number of carbonyl (C=O) groups excluding carboxylic acids is 1. The first kappa shape index (κ1) is 15.5. The Balaban J connectivity index is 1.93. The first-order chi connectivity index (χ1) is 11.2. The van der Waals surface area contributed by atoms with Crippen molar-refractivity contribution in [2.45, 2.75) is 31.7 Å². The molecule has 0 aromatic heterocycles. The van der Waals surface area contributed by atoms with E-state index in [2.05, 4.69) is 48.7 Å². The van der Waals surface area contributed by atoms with Crippen LogP contribution >= 0.6 is 0 Å². The Bertz CT molecular complexity index is 636. The van der Waals surface area contributed by atoms with Crippen molar-refractivity contribution in [3.63, 3.8) is 0 Å². The van der Waals surface area contributed by atoms with Crippen LogP contribution in [-0.2, 0) is 10.3 Å². The molecule has 1 amide bonds. The Morgan fingerprint density at radius 1 is 0.957 bits per heavy atom. The van der Waals surface area contributed by atoms with Crippen LogP contribution in [0.5, 0.6) is 0 Å². The van der Waals surface area contributed by atoms with Crippen LogP contribution in [0, 0.1) is 5.92 Å². The number of benzene rings is 2. The maximum atomic E-state index is 12.8. The number of amides is 1. The van der Waals surface area contributed by atoms with Crippen LogP contribution < -0.4 is 5.32 Å². The van der Waals surface area contributed by atoms with Gasteiger partial charge in [-0.1, -0.05) is 72.8 Å². The molecule has 1 atom stereocenters. The number of rotatable bonds is 4. The van der Waals surface area contributed by atoms with E-state index >= 15 is 0 Å². The molecule has 3 rings (SSSR count). The molecular weight excluding hydrogens is 282 g/mol. The Morgan fingerprint density at radius 2 is 1.52 bits per heavy atom. The molecule has 2 aromatic rings. The van der Waals surface area contributed by atoms with Crippen LogP contribution in [0.2, 0.25) is 0 Å². The molecule has 2 nitrogen and oxygen atoms in total. The molecule has 0 radical (unpaired) electrons. The van der Waals surface area contributed by atoms with Gasteiger partial charge in [0.25, 0.3) is 0 Å². The summed E-state index contributed by atoms with van der Waals surface area (Å²) in [4.78, 5) is 12.8. The zero-order valence-electron chi connectivity index (χ0n) is 13.5. The summed E-state index contributed by atoms with van der Waals surface area (Å²) in [7, 11) is 0. The van der Waals surface area contributed by atoms with Crippen LogP contribution in [0.15, 0.2) is 72.8 Å². The summed E-state index contributed by atoms with van der Waals surface area (Å²) in [6.45, 7) is 2.09. The van der Waals surface area contributed by atoms with E-state index in [1.807, 2.05) is 36.4 Å². The summed E-state index contributed by atoms with van der Waals surface area (Å²) < 4.78 is 0. The molecule has 0 spiro atoms. The average Bonchev–Trinajstić information content (AvgIpc) is 2.64. The van der Waals surface area contributed by atoms with Crippen LogP contribution in [0.3, 0.4) is 0 Å². The van der Waals surface area contributed by atoms with Gasteiger partial charge in [-0.2, -0.15) is 0 Å². The van der Waals surface area contributed by atoms with Gasteiger partial charge in [0, 0.05) is 5.92 Å². The molecule has 23 heavy (non-hydrogen) atoms. The monoisotopic (exact) mass is 305 g/mol. The highest BCUT2D eigenvalue weighted by molar-refractivity contribution is 5.80. The summed E-state index contributed by atoms with van der Waals surface area (Å²) >= 11 is 0. The van der Waals surface area contributed by atoms with Gasteiger partial charge in [0.15, 0.2) is 0 Å². The van der Waals surface area contributed by atoms with Gasteiger partial charge in [-0.15, -0.1) is 0 Å². The van der Waals surface area contributed by atoms with Gasteiger partial charge >= 0.3 is 0 Å². The molecule has 1 N–H and O–H groups in total. The summed E-state index contributed by atoms with van der Waals surface area (Å²) in [5.74, 6) is 0.219. The topological polar surface area (TPSA) is 29.1 Å². The van der Waals surface area contributed by atoms with Crippen molar-refractivity contribution in [1.29, 1.82) is 0 Å². The van der Waals surface area contributed by atoms with Crippen LogP contribution in [0.4, 0.5) is 0 Å². The number of hydrogen-bond donors (Lipinski definition) is 1. The maximum absolute atomic E-state index is 12.8. The Labute approximate surface area is 138 Å². The molecule has 0 fully saturated rings. The van der Waals surface area contributed by atoms with Crippen LogP contribution in [0.25, 0.3) is 0 Å². The minimum absolute atomic E-state index is 0.0757. The van der Waals surface area contributed by atoms with Gasteiger partial charge in [-0.3, -0.25) is 4.79 Å². The lowest BCUT2D eigenvalue weighted by atomic mass is 9.83. The molecule has 0 aliphatic heterocycles. The third-order valence-corrected chi connectivity index (χ3v) is 4.72. The standard InChI is InChI=1S/C21H23NO/c1-21(18-13-7-3-8-14-18,19-15-9-4-10-16-19)22-20(23)17-11-5-2-6-12-17/h2-5,7-10,13-17H,6,11-12H2,1H3,(H,22,23). The van der Waals surface area contributed by atoms with Gasteiger partial charge < -0.3 is 5.32 Å². The van der Waals surface area contributed by atoms with Crippen molar-refractivity contribution in [2.24, 2.45) is 5.92 Å². The molecule has 1 unspecified atom stereocenters. The minimum Gasteiger partial charge on any atom is -0.342 e. The summed E-state index contributed by atoms with van der Waals surface area (Å²) in [6.07, 6.45) is 7.05. The lowest BCUT2D eigenvalue weighted by molar-refractivity contribution is -0.126. The molecule has 1 aliphatic carbocycles. The lowest BCUT2D eigenvalue weighted by Crippen LogP contribution is -2.47. The van der Waals surface area contributed by atoms with Crippen molar-refractivity contribution in [3.8, 4) is 0 Å². The van der Waals surface area contributed by atoms with E-state index in [1.54, 1.807) is 0 Å². The Morgan fingerprint density at radius 3 is 2.00 bits per heavy atom. The zero-order chi connectivity index (χ0) is 16.1. The molecule has 118 valence electrons. The second-order valence-electron chi connectivity index (χ2n) is 6.33. The fraction of sp³-hybridized carbons (Fsp3) is 0.286. The fourth-order valence-corrected chi connectivity index (χ4v) is 3.23. The highest BCUT2D eigenvalue weighted by atomic mass is 16.2. The van der Waals surface area contributed by atoms with Gasteiger partial charge in [-0.05, 0) is 37.3 Å². The summed E-state index contributed by atoms with van der Waals surface area (Å²) in [5, 5.41) is 3.32. The van der Waals surface area contributed by atoms with Gasteiger partial charge in [-0.25, -0.2) is 0 Å². The lowest BCUT2D eigenvalue weighted by Gasteiger charge is -2.34. The predicted molar refractivity (Wildman–Crippen MR) is 94.0 cm³/mol. The first-order valence-corrected chi connectivity index (χ1v) is 8.28. The van der Waals surface area contributed by atoms with E-state index in [4.69, 9.17) is 0 Å². The third kappa shape index (κ3) is 3.37. The van der Waals surface area contributed by atoms with Gasteiger partial charge in [0.1, 0.15) is 0 Å². The van der Waals surface area contributed by atoms with E-state index < -0.39 is 5.54 Å². The van der Waals surface area contributed by atoms with Crippen LogP contribution in [-0.4, -0.2) is 5.91 Å². The SMILES string of the molecule is CC(NC(=O)C1CC=CCC1)(c1ccccc1)c1ccccc1. The average molecular weight is 305 g/mol. The highest BCUT2D eigenvalue weighted by Crippen LogP contribution is 2.30. The second-order valence-corrected chi connectivity index (χ2v) is 6.33. The maximum Gasteiger partial charge on any atom is 0.224 e. The number of hydrogen-bond acceptors (Lipinski definition) is 1. The Hall–Kier alpha value is -2.35. The minimum atomic E-state index is -0.513. The van der Waals surface area contributed by atoms with Crippen molar-refractivity contribution < 1.29 is 4.79 Å². The molecule has 0 bridgehead atoms. The third-order valence-electron chi connectivity index (χ3n) is 4.72. The van der Waals surface area contributed by atoms with Gasteiger partial charge in [0.05, 0.1) is 5.54 Å². The zero-order valence-corrected chi connectivity index (χ0v) is 13.5. The molecule has 0 heterocycles. The van der Waals surface area contributed by atoms with E-state index in [9.17, 15) is 4.79 Å². The number of carbonyl (C=O) groups is 1. The fourth-order valence-electron chi connectivity index (χ4n) is 3.23. The quantitative estimate of drug-likeness (QED) is 0.832. The second kappa shape index (κ2) is 6.82. The molecule has 2 aromatic carbocycles. The summed E-state index contributed by atoms with van der Waals surface area (Å²) in [5.41, 5.74) is 1.69. The van der Waals surface area contributed by atoms with E-state index in [0.717, 1.165) is 30.4 Å². The Kier molecular flexibility index (Phi) is 4.61. The van der Waals surface area contributed by atoms with Crippen molar-refractivity contribution in [3.05, 3.63) is 83.9 Å². The highest BCUT2D eigenvalue weighted by Gasteiger charge is 2.32. The van der Waals surface area contributed by atoms with E-state index in [-0.39, 0.29) is 11.8 Å². The first-order valence-electron chi connectivity index (χ1n) is 8.28. The smallest absolute Gasteiger partial charge is 0.224 e. The molecule has 0 saturated carbocycles.